The molecule has 2 nitrogen and oxygen atoms in total. The molecule has 2 aliphatic rings. The van der Waals surface area contributed by atoms with Gasteiger partial charge in [-0.25, -0.2) is 4.39 Å². The normalized spacial score (nSPS) is 35.2. The molecular weight excluding hydrogens is 217 g/mol. The van der Waals surface area contributed by atoms with Crippen LogP contribution in [0.3, 0.4) is 0 Å². The van der Waals surface area contributed by atoms with Gasteiger partial charge in [0, 0.05) is 5.69 Å². The van der Waals surface area contributed by atoms with Gasteiger partial charge >= 0.3 is 0 Å². The molecule has 17 heavy (non-hydrogen) atoms. The number of benzene rings is 1. The van der Waals surface area contributed by atoms with Gasteiger partial charge in [0.15, 0.2) is 0 Å². The van der Waals surface area contributed by atoms with Gasteiger partial charge < -0.3 is 10.4 Å². The van der Waals surface area contributed by atoms with Crippen LogP contribution in [0, 0.1) is 17.7 Å². The van der Waals surface area contributed by atoms with E-state index in [4.69, 9.17) is 0 Å². The highest BCUT2D eigenvalue weighted by molar-refractivity contribution is 5.46. The lowest BCUT2D eigenvalue weighted by Gasteiger charge is -2.38. The first-order valence-corrected chi connectivity index (χ1v) is 6.36. The molecule has 3 heteroatoms. The van der Waals surface area contributed by atoms with Crippen molar-refractivity contribution in [3.63, 3.8) is 0 Å². The van der Waals surface area contributed by atoms with Gasteiger partial charge in [0.2, 0.25) is 0 Å². The van der Waals surface area contributed by atoms with E-state index in [2.05, 4.69) is 5.32 Å². The van der Waals surface area contributed by atoms with E-state index in [1.807, 2.05) is 0 Å². The maximum absolute atomic E-state index is 12.9. The molecule has 0 saturated heterocycles. The predicted octanol–water partition coefficient (Wildman–Crippen LogP) is 2.79. The van der Waals surface area contributed by atoms with Gasteiger partial charge in [-0.1, -0.05) is 0 Å². The molecule has 2 saturated carbocycles. The number of aliphatic hydroxyl groups is 1. The van der Waals surface area contributed by atoms with E-state index >= 15 is 0 Å². The average molecular weight is 235 g/mol. The molecule has 3 atom stereocenters. The van der Waals surface area contributed by atoms with E-state index < -0.39 is 0 Å². The minimum Gasteiger partial charge on any atom is -0.394 e. The van der Waals surface area contributed by atoms with Gasteiger partial charge in [0.1, 0.15) is 5.82 Å². The lowest BCUT2D eigenvalue weighted by Crippen LogP contribution is -2.46. The minimum absolute atomic E-state index is 0.166. The fourth-order valence-corrected chi connectivity index (χ4v) is 3.65. The quantitative estimate of drug-likeness (QED) is 0.844. The zero-order valence-corrected chi connectivity index (χ0v) is 9.82. The third-order valence-corrected chi connectivity index (χ3v) is 4.50. The van der Waals surface area contributed by atoms with Gasteiger partial charge in [0.25, 0.3) is 0 Å². The molecule has 0 spiro atoms. The summed E-state index contributed by atoms with van der Waals surface area (Å²) < 4.78 is 12.9. The molecule has 2 fully saturated rings. The molecule has 1 aromatic rings. The first-order chi connectivity index (χ1) is 8.22. The summed E-state index contributed by atoms with van der Waals surface area (Å²) in [6.07, 6.45) is 4.79. The Kier molecular flexibility index (Phi) is 2.58. The number of hydrogen-bond donors (Lipinski definition) is 2. The number of fused-ring (bicyclic) bond motifs is 2. The summed E-state index contributed by atoms with van der Waals surface area (Å²) in [6, 6.07) is 6.42. The highest BCUT2D eigenvalue weighted by Crippen LogP contribution is 2.51. The highest BCUT2D eigenvalue weighted by atomic mass is 19.1. The summed E-state index contributed by atoms with van der Waals surface area (Å²) in [6.45, 7) is 0.172. The lowest BCUT2D eigenvalue weighted by atomic mass is 9.81. The molecule has 1 aromatic carbocycles. The molecule has 3 unspecified atom stereocenters. The molecule has 2 N–H and O–H groups in total. The summed E-state index contributed by atoms with van der Waals surface area (Å²) in [5.41, 5.74) is 0.744. The van der Waals surface area contributed by atoms with Crippen LogP contribution in [0.5, 0.6) is 0 Å². The maximum Gasteiger partial charge on any atom is 0.123 e. The molecule has 3 rings (SSSR count). The number of aliphatic hydroxyl groups excluding tert-OH is 1. The Labute approximate surface area is 101 Å². The van der Waals surface area contributed by atoms with Gasteiger partial charge in [-0.05, 0) is 61.8 Å². The zero-order valence-electron chi connectivity index (χ0n) is 9.82. The van der Waals surface area contributed by atoms with Crippen LogP contribution in [0.4, 0.5) is 10.1 Å². The van der Waals surface area contributed by atoms with E-state index in [0.717, 1.165) is 18.0 Å². The molecule has 0 radical (unpaired) electrons. The molecule has 0 aromatic heterocycles. The van der Waals surface area contributed by atoms with Crippen molar-refractivity contribution in [3.8, 4) is 0 Å². The van der Waals surface area contributed by atoms with Crippen LogP contribution < -0.4 is 5.32 Å². The number of rotatable bonds is 3. The number of hydrogen-bond acceptors (Lipinski definition) is 2. The van der Waals surface area contributed by atoms with Gasteiger partial charge in [0.05, 0.1) is 12.1 Å². The van der Waals surface area contributed by atoms with Gasteiger partial charge in [-0.15, -0.1) is 0 Å². The highest BCUT2D eigenvalue weighted by Gasteiger charge is 2.50. The number of nitrogens with one attached hydrogen (secondary N) is 1. The SMILES string of the molecule is OCC1(Nc2ccc(F)cc2)CC2CCC1C2. The summed E-state index contributed by atoms with van der Waals surface area (Å²) in [7, 11) is 0. The van der Waals surface area contributed by atoms with Gasteiger partial charge in [-0.3, -0.25) is 0 Å². The standard InChI is InChI=1S/C14H18FNO/c15-12-3-5-13(6-4-12)16-14(9-17)8-10-1-2-11(14)7-10/h3-6,10-11,16-17H,1-2,7-9H2. The largest absolute Gasteiger partial charge is 0.394 e. The Morgan fingerprint density at radius 1 is 1.29 bits per heavy atom. The van der Waals surface area contributed by atoms with Crippen LogP contribution in [0.25, 0.3) is 0 Å². The molecule has 2 bridgehead atoms. The molecule has 0 aliphatic heterocycles. The predicted molar refractivity (Wildman–Crippen MR) is 65.3 cm³/mol. The second-order valence-corrected chi connectivity index (χ2v) is 5.53. The molecule has 0 amide bonds. The van der Waals surface area contributed by atoms with E-state index in [1.165, 1.54) is 31.4 Å². The first kappa shape index (κ1) is 11.0. The topological polar surface area (TPSA) is 32.3 Å². The number of halogens is 1. The summed E-state index contributed by atoms with van der Waals surface area (Å²) >= 11 is 0. The third kappa shape index (κ3) is 1.82. The summed E-state index contributed by atoms with van der Waals surface area (Å²) in [5.74, 6) is 1.11. The van der Waals surface area contributed by atoms with Crippen LogP contribution in [0.1, 0.15) is 25.7 Å². The van der Waals surface area contributed by atoms with Crippen molar-refractivity contribution in [2.24, 2.45) is 11.8 Å². The molecule has 2 aliphatic carbocycles. The van der Waals surface area contributed by atoms with E-state index in [9.17, 15) is 9.50 Å². The molecular formula is C14H18FNO. The van der Waals surface area contributed by atoms with Crippen LogP contribution in [0.15, 0.2) is 24.3 Å². The van der Waals surface area contributed by atoms with Crippen LogP contribution in [0.2, 0.25) is 0 Å². The second-order valence-electron chi connectivity index (χ2n) is 5.53. The van der Waals surface area contributed by atoms with E-state index in [1.54, 1.807) is 12.1 Å². The van der Waals surface area contributed by atoms with Crippen LogP contribution in [-0.2, 0) is 0 Å². The Balaban J connectivity index is 1.80. The smallest absolute Gasteiger partial charge is 0.123 e. The Morgan fingerprint density at radius 3 is 2.59 bits per heavy atom. The minimum atomic E-state index is -0.221. The maximum atomic E-state index is 12.9. The number of anilines is 1. The van der Waals surface area contributed by atoms with Crippen molar-refractivity contribution in [3.05, 3.63) is 30.1 Å². The summed E-state index contributed by atoms with van der Waals surface area (Å²) in [5, 5.41) is 13.2. The van der Waals surface area contributed by atoms with Crippen molar-refractivity contribution < 1.29 is 9.50 Å². The first-order valence-electron chi connectivity index (χ1n) is 6.36. The van der Waals surface area contributed by atoms with Gasteiger partial charge in [-0.2, -0.15) is 0 Å². The Bertz CT molecular complexity index is 405. The van der Waals surface area contributed by atoms with Crippen LogP contribution >= 0.6 is 0 Å². The molecule has 92 valence electrons. The fraction of sp³-hybridized carbons (Fsp3) is 0.571. The van der Waals surface area contributed by atoms with Crippen molar-refractivity contribution in [2.75, 3.05) is 11.9 Å². The Hall–Kier alpha value is -1.09. The van der Waals surface area contributed by atoms with Crippen LogP contribution in [-0.4, -0.2) is 17.3 Å². The third-order valence-electron chi connectivity index (χ3n) is 4.50. The second kappa shape index (κ2) is 3.98. The monoisotopic (exact) mass is 235 g/mol. The Morgan fingerprint density at radius 2 is 2.06 bits per heavy atom. The van der Waals surface area contributed by atoms with Crippen molar-refractivity contribution in [2.45, 2.75) is 31.2 Å². The van der Waals surface area contributed by atoms with E-state index in [0.29, 0.717) is 5.92 Å². The summed E-state index contributed by atoms with van der Waals surface area (Å²) in [4.78, 5) is 0. The van der Waals surface area contributed by atoms with Crippen molar-refractivity contribution in [1.29, 1.82) is 0 Å². The van der Waals surface area contributed by atoms with Crippen molar-refractivity contribution >= 4 is 5.69 Å². The zero-order chi connectivity index (χ0) is 11.9. The van der Waals surface area contributed by atoms with E-state index in [-0.39, 0.29) is 18.0 Å². The fourth-order valence-electron chi connectivity index (χ4n) is 3.65. The molecule has 0 heterocycles. The lowest BCUT2D eigenvalue weighted by molar-refractivity contribution is 0.159. The van der Waals surface area contributed by atoms with Crippen molar-refractivity contribution in [1.82, 2.24) is 0 Å². The average Bonchev–Trinajstić information content (AvgIpc) is 2.93.